The molecule has 3 fully saturated rings. The van der Waals surface area contributed by atoms with Crippen LogP contribution in [0.25, 0.3) is 0 Å². The highest BCUT2D eigenvalue weighted by atomic mass is 32.2. The lowest BCUT2D eigenvalue weighted by molar-refractivity contribution is -0.132. The maximum atomic E-state index is 12.4. The minimum absolute atomic E-state index is 0.0398. The summed E-state index contributed by atoms with van der Waals surface area (Å²) in [7, 11) is 0. The van der Waals surface area contributed by atoms with Crippen molar-refractivity contribution in [1.29, 1.82) is 0 Å². The summed E-state index contributed by atoms with van der Waals surface area (Å²) < 4.78 is 0. The van der Waals surface area contributed by atoms with Crippen LogP contribution in [0.2, 0.25) is 0 Å². The fourth-order valence-electron chi connectivity index (χ4n) is 2.90. The van der Waals surface area contributed by atoms with Crippen molar-refractivity contribution >= 4 is 29.4 Å². The zero-order chi connectivity index (χ0) is 12.4. The zero-order valence-electron chi connectivity index (χ0n) is 10.6. The second-order valence-electron chi connectivity index (χ2n) is 5.22. The Morgan fingerprint density at radius 2 is 2.17 bits per heavy atom. The number of amides is 1. The summed E-state index contributed by atoms with van der Waals surface area (Å²) >= 11 is 3.89. The number of nitrogens with zero attached hydrogens (tertiary/aromatic N) is 1. The predicted octanol–water partition coefficient (Wildman–Crippen LogP) is 0.347. The second-order valence-corrected chi connectivity index (χ2v) is 7.85. The van der Waals surface area contributed by atoms with Crippen LogP contribution in [0.3, 0.4) is 0 Å². The third-order valence-electron chi connectivity index (χ3n) is 3.93. The van der Waals surface area contributed by atoms with Crippen molar-refractivity contribution in [2.45, 2.75) is 23.8 Å². The molecule has 0 aliphatic carbocycles. The van der Waals surface area contributed by atoms with Crippen LogP contribution in [0.1, 0.15) is 12.8 Å². The van der Waals surface area contributed by atoms with Gasteiger partial charge in [-0.1, -0.05) is 0 Å². The first-order chi connectivity index (χ1) is 8.79. The van der Waals surface area contributed by atoms with Gasteiger partial charge in [-0.25, -0.2) is 0 Å². The molecule has 4 nitrogen and oxygen atoms in total. The van der Waals surface area contributed by atoms with Crippen LogP contribution in [-0.4, -0.2) is 65.2 Å². The molecule has 3 heterocycles. The quantitative estimate of drug-likeness (QED) is 0.728. The minimum Gasteiger partial charge on any atom is -0.340 e. The summed E-state index contributed by atoms with van der Waals surface area (Å²) in [6.45, 7) is 3.97. The van der Waals surface area contributed by atoms with Crippen molar-refractivity contribution < 1.29 is 4.79 Å². The lowest BCUT2D eigenvalue weighted by Gasteiger charge is -2.35. The van der Waals surface area contributed by atoms with Gasteiger partial charge in [0.15, 0.2) is 0 Å². The smallest absolute Gasteiger partial charge is 0.240 e. The molecule has 1 amide bonds. The number of carbonyl (C=O) groups is 1. The molecule has 0 bridgehead atoms. The van der Waals surface area contributed by atoms with Crippen molar-refractivity contribution in [3.05, 3.63) is 0 Å². The van der Waals surface area contributed by atoms with E-state index in [1.807, 2.05) is 28.4 Å². The van der Waals surface area contributed by atoms with Crippen LogP contribution < -0.4 is 10.6 Å². The number of hydrogen-bond acceptors (Lipinski definition) is 5. The molecule has 3 aliphatic rings. The Balaban J connectivity index is 1.59. The van der Waals surface area contributed by atoms with E-state index in [0.29, 0.717) is 5.91 Å². The third-order valence-corrected chi connectivity index (χ3v) is 6.39. The van der Waals surface area contributed by atoms with Crippen molar-refractivity contribution in [3.63, 3.8) is 0 Å². The lowest BCUT2D eigenvalue weighted by atomic mass is 10.1. The van der Waals surface area contributed by atoms with E-state index in [4.69, 9.17) is 0 Å². The molecule has 2 atom stereocenters. The highest BCUT2D eigenvalue weighted by Gasteiger charge is 2.43. The Bertz CT molecular complexity index is 314. The van der Waals surface area contributed by atoms with E-state index < -0.39 is 0 Å². The number of carbonyl (C=O) groups excluding carboxylic acids is 1. The van der Waals surface area contributed by atoms with Crippen molar-refractivity contribution in [2.75, 3.05) is 43.4 Å². The molecule has 3 aliphatic heterocycles. The number of thioether (sulfide) groups is 2. The van der Waals surface area contributed by atoms with Gasteiger partial charge in [0, 0.05) is 36.9 Å². The number of nitrogens with one attached hydrogen (secondary N) is 2. The van der Waals surface area contributed by atoms with Gasteiger partial charge in [0.1, 0.15) is 0 Å². The van der Waals surface area contributed by atoms with Crippen LogP contribution in [-0.2, 0) is 4.79 Å². The van der Waals surface area contributed by atoms with Gasteiger partial charge < -0.3 is 10.2 Å². The topological polar surface area (TPSA) is 44.4 Å². The average Bonchev–Trinajstić information content (AvgIpc) is 2.83. The van der Waals surface area contributed by atoms with Crippen LogP contribution in [0, 0.1) is 0 Å². The van der Waals surface area contributed by atoms with Gasteiger partial charge in [-0.2, -0.15) is 11.8 Å². The Morgan fingerprint density at radius 1 is 1.33 bits per heavy atom. The monoisotopic (exact) mass is 287 g/mol. The number of rotatable bonds is 1. The van der Waals surface area contributed by atoms with E-state index in [0.717, 1.165) is 43.4 Å². The Labute approximate surface area is 117 Å². The molecular weight excluding hydrogens is 266 g/mol. The first kappa shape index (κ1) is 13.1. The van der Waals surface area contributed by atoms with E-state index in [1.165, 1.54) is 12.8 Å². The minimum atomic E-state index is 0.0398. The Kier molecular flexibility index (Phi) is 4.08. The fourth-order valence-corrected chi connectivity index (χ4v) is 5.24. The summed E-state index contributed by atoms with van der Waals surface area (Å²) in [5.74, 6) is 3.45. The molecule has 0 aromatic rings. The highest BCUT2D eigenvalue weighted by molar-refractivity contribution is 8.01. The summed E-state index contributed by atoms with van der Waals surface area (Å²) in [5, 5.41) is 7.05. The standard InChI is InChI=1S/C12H21N3OS2/c16-11(15-4-6-17-7-5-15)10-8-18-12(14-10)2-1-3-13-9-12/h10,13-14H,1-9H2/t10-,12?/m0/s1. The van der Waals surface area contributed by atoms with E-state index in [1.54, 1.807) is 0 Å². The van der Waals surface area contributed by atoms with Crippen LogP contribution >= 0.6 is 23.5 Å². The number of hydrogen-bond donors (Lipinski definition) is 2. The van der Waals surface area contributed by atoms with Gasteiger partial charge in [-0.3, -0.25) is 10.1 Å². The van der Waals surface area contributed by atoms with Gasteiger partial charge >= 0.3 is 0 Å². The molecule has 0 aromatic carbocycles. The van der Waals surface area contributed by atoms with E-state index in [9.17, 15) is 4.79 Å². The molecule has 0 aromatic heterocycles. The number of piperidine rings is 1. The van der Waals surface area contributed by atoms with Crippen LogP contribution in [0.4, 0.5) is 0 Å². The van der Waals surface area contributed by atoms with Gasteiger partial charge in [0.2, 0.25) is 5.91 Å². The van der Waals surface area contributed by atoms with Gasteiger partial charge in [0.05, 0.1) is 10.9 Å². The fraction of sp³-hybridized carbons (Fsp3) is 0.917. The van der Waals surface area contributed by atoms with Gasteiger partial charge in [-0.15, -0.1) is 11.8 Å². The molecule has 3 rings (SSSR count). The van der Waals surface area contributed by atoms with Crippen molar-refractivity contribution in [3.8, 4) is 0 Å². The normalized spacial score (nSPS) is 37.1. The van der Waals surface area contributed by atoms with Crippen molar-refractivity contribution in [2.24, 2.45) is 0 Å². The van der Waals surface area contributed by atoms with Gasteiger partial charge in [-0.05, 0) is 19.4 Å². The summed E-state index contributed by atoms with van der Waals surface area (Å²) in [5.41, 5.74) is 0. The van der Waals surface area contributed by atoms with Gasteiger partial charge in [0.25, 0.3) is 0 Å². The highest BCUT2D eigenvalue weighted by Crippen LogP contribution is 2.36. The SMILES string of the molecule is O=C([C@@H]1CSC2(CCCNC2)N1)N1CCSCC1. The van der Waals surface area contributed by atoms with Crippen LogP contribution in [0.5, 0.6) is 0 Å². The maximum absolute atomic E-state index is 12.4. The Hall–Kier alpha value is 0.0900. The third kappa shape index (κ3) is 2.66. The largest absolute Gasteiger partial charge is 0.340 e. The summed E-state index contributed by atoms with van der Waals surface area (Å²) in [6.07, 6.45) is 2.39. The maximum Gasteiger partial charge on any atom is 0.240 e. The van der Waals surface area contributed by atoms with Crippen LogP contribution in [0.15, 0.2) is 0 Å². The molecule has 102 valence electrons. The lowest BCUT2D eigenvalue weighted by Crippen LogP contribution is -2.56. The first-order valence-electron chi connectivity index (χ1n) is 6.78. The van der Waals surface area contributed by atoms with E-state index in [-0.39, 0.29) is 10.9 Å². The van der Waals surface area contributed by atoms with E-state index >= 15 is 0 Å². The summed E-state index contributed by atoms with van der Waals surface area (Å²) in [4.78, 5) is 14.6. The van der Waals surface area contributed by atoms with Crippen molar-refractivity contribution in [1.82, 2.24) is 15.5 Å². The summed E-state index contributed by atoms with van der Waals surface area (Å²) in [6, 6.07) is 0.0398. The molecule has 0 saturated carbocycles. The Morgan fingerprint density at radius 3 is 2.89 bits per heavy atom. The molecule has 6 heteroatoms. The zero-order valence-corrected chi connectivity index (χ0v) is 12.2. The van der Waals surface area contributed by atoms with E-state index in [2.05, 4.69) is 10.6 Å². The average molecular weight is 287 g/mol. The molecule has 3 saturated heterocycles. The molecule has 1 unspecified atom stereocenters. The predicted molar refractivity (Wildman–Crippen MR) is 78.1 cm³/mol. The second kappa shape index (κ2) is 5.61. The molecular formula is C12H21N3OS2. The molecule has 0 radical (unpaired) electrons. The molecule has 2 N–H and O–H groups in total. The first-order valence-corrected chi connectivity index (χ1v) is 8.92. The molecule has 1 spiro atoms. The molecule has 18 heavy (non-hydrogen) atoms.